The van der Waals surface area contributed by atoms with Crippen molar-refractivity contribution in [3.05, 3.63) is 54.1 Å². The minimum atomic E-state index is -0.326. The number of rotatable bonds is 5. The average Bonchev–Trinajstić information content (AvgIpc) is 2.55. The normalized spacial score (nSPS) is 9.57. The largest absolute Gasteiger partial charge is 0.408 e. The van der Waals surface area contributed by atoms with Crippen molar-refractivity contribution < 1.29 is 14.3 Å². The van der Waals surface area contributed by atoms with Crippen LogP contribution in [0.3, 0.4) is 0 Å². The van der Waals surface area contributed by atoms with E-state index in [2.05, 4.69) is 10.6 Å². The van der Waals surface area contributed by atoms with Gasteiger partial charge in [0, 0.05) is 16.9 Å². The van der Waals surface area contributed by atoms with Crippen molar-refractivity contribution in [3.63, 3.8) is 0 Å². The Morgan fingerprint density at radius 2 is 1.78 bits per heavy atom. The number of benzene rings is 2. The maximum absolute atomic E-state index is 12.2. The van der Waals surface area contributed by atoms with Gasteiger partial charge < -0.3 is 15.4 Å². The molecule has 0 bridgehead atoms. The van der Waals surface area contributed by atoms with E-state index in [9.17, 15) is 9.59 Å². The van der Waals surface area contributed by atoms with E-state index < -0.39 is 0 Å². The van der Waals surface area contributed by atoms with Crippen LogP contribution in [0.4, 0.5) is 11.4 Å². The molecule has 0 aromatic heterocycles. The van der Waals surface area contributed by atoms with Crippen LogP contribution in [0.15, 0.2) is 48.5 Å². The van der Waals surface area contributed by atoms with Crippen molar-refractivity contribution >= 4 is 34.8 Å². The summed E-state index contributed by atoms with van der Waals surface area (Å²) in [6.45, 7) is 0. The zero-order valence-electron chi connectivity index (χ0n) is 12.0. The van der Waals surface area contributed by atoms with Crippen molar-refractivity contribution in [1.82, 2.24) is 0 Å². The number of carbonyl (C=O) groups is 2. The van der Waals surface area contributed by atoms with Gasteiger partial charge >= 0.3 is 0 Å². The van der Waals surface area contributed by atoms with E-state index in [1.807, 2.05) is 6.11 Å². The summed E-state index contributed by atoms with van der Waals surface area (Å²) in [6, 6.07) is 13.2. The Labute approximate surface area is 138 Å². The maximum Gasteiger partial charge on any atom is 0.255 e. The topological polar surface area (TPSA) is 67.4 Å². The second-order valence-corrected chi connectivity index (χ2v) is 4.73. The summed E-state index contributed by atoms with van der Waals surface area (Å²) in [5.41, 5.74) is 1.47. The summed E-state index contributed by atoms with van der Waals surface area (Å²) in [7, 11) is 0. The fourth-order valence-electron chi connectivity index (χ4n) is 1.84. The van der Waals surface area contributed by atoms with Gasteiger partial charge in [-0.3, -0.25) is 9.59 Å². The van der Waals surface area contributed by atoms with Gasteiger partial charge in [-0.2, -0.15) is 0 Å². The summed E-state index contributed by atoms with van der Waals surface area (Å²) in [6.07, 6.45) is 7.11. The first kappa shape index (κ1) is 16.4. The number of halogens is 1. The predicted octanol–water partition coefficient (Wildman–Crippen LogP) is 3.09. The van der Waals surface area contributed by atoms with E-state index in [0.29, 0.717) is 22.7 Å². The van der Waals surface area contributed by atoms with Gasteiger partial charge in [0.15, 0.2) is 0 Å². The lowest BCUT2D eigenvalue weighted by Gasteiger charge is -2.08. The van der Waals surface area contributed by atoms with Gasteiger partial charge in [-0.15, -0.1) is 11.6 Å². The molecular formula is C17H13ClN2O3. The zero-order valence-corrected chi connectivity index (χ0v) is 12.8. The zero-order chi connectivity index (χ0) is 16.7. The highest BCUT2D eigenvalue weighted by Gasteiger charge is 2.08. The van der Waals surface area contributed by atoms with Gasteiger partial charge in [-0.05, 0) is 36.4 Å². The molecule has 0 aliphatic rings. The molecule has 0 heterocycles. The highest BCUT2D eigenvalue weighted by Crippen LogP contribution is 2.18. The number of anilines is 2. The molecule has 2 aromatic carbocycles. The Bertz CT molecular complexity index is 768. The third kappa shape index (κ3) is 4.77. The molecule has 23 heavy (non-hydrogen) atoms. The van der Waals surface area contributed by atoms with E-state index in [1.165, 1.54) is 6.07 Å². The van der Waals surface area contributed by atoms with Crippen molar-refractivity contribution in [2.24, 2.45) is 0 Å². The monoisotopic (exact) mass is 328 g/mol. The van der Waals surface area contributed by atoms with Crippen LogP contribution in [0, 0.1) is 12.5 Å². The van der Waals surface area contributed by atoms with E-state index in [4.69, 9.17) is 22.8 Å². The fraction of sp³-hybridized carbons (Fsp3) is 0.0588. The minimum Gasteiger partial charge on any atom is -0.408 e. The Balaban J connectivity index is 2.11. The quantitative estimate of drug-likeness (QED) is 0.654. The van der Waals surface area contributed by atoms with Crippen molar-refractivity contribution in [3.8, 4) is 18.3 Å². The van der Waals surface area contributed by atoms with E-state index >= 15 is 0 Å². The number of alkyl halides is 1. The molecule has 5 nitrogen and oxygen atoms in total. The van der Waals surface area contributed by atoms with Crippen LogP contribution in [0.2, 0.25) is 0 Å². The van der Waals surface area contributed by atoms with Crippen LogP contribution in [0.25, 0.3) is 0 Å². The summed E-state index contributed by atoms with van der Waals surface area (Å²) >= 11 is 5.44. The van der Waals surface area contributed by atoms with Crippen LogP contribution in [-0.2, 0) is 4.79 Å². The van der Waals surface area contributed by atoms with Gasteiger partial charge in [0.2, 0.25) is 5.91 Å². The van der Waals surface area contributed by atoms with Gasteiger partial charge in [-0.1, -0.05) is 18.6 Å². The van der Waals surface area contributed by atoms with Crippen LogP contribution in [0.1, 0.15) is 10.4 Å². The lowest BCUT2D eigenvalue weighted by molar-refractivity contribution is -0.113. The number of carbonyl (C=O) groups excluding carboxylic acids is 2. The smallest absolute Gasteiger partial charge is 0.255 e. The number of hydrogen-bond acceptors (Lipinski definition) is 3. The Kier molecular flexibility index (Phi) is 5.61. The van der Waals surface area contributed by atoms with Crippen molar-refractivity contribution in [2.45, 2.75) is 0 Å². The van der Waals surface area contributed by atoms with Crippen LogP contribution in [-0.4, -0.2) is 17.7 Å². The summed E-state index contributed by atoms with van der Waals surface area (Å²) in [5.74, 6) is -0.385. The van der Waals surface area contributed by atoms with E-state index in [0.717, 1.165) is 0 Å². The first-order chi connectivity index (χ1) is 11.1. The molecule has 0 unspecified atom stereocenters. The maximum atomic E-state index is 12.2. The van der Waals surface area contributed by atoms with Gasteiger partial charge in [-0.25, -0.2) is 0 Å². The first-order valence-corrected chi connectivity index (χ1v) is 7.15. The molecule has 2 rings (SSSR count). The molecule has 0 aliphatic heterocycles. The Morgan fingerprint density at radius 3 is 2.48 bits per heavy atom. The Hall–Kier alpha value is -2.97. The molecule has 2 amide bonds. The summed E-state index contributed by atoms with van der Waals surface area (Å²) in [5, 5.41) is 5.34. The third-order valence-corrected chi connectivity index (χ3v) is 3.04. The molecule has 0 aliphatic carbocycles. The number of amides is 2. The minimum absolute atomic E-state index is 0.140. The second kappa shape index (κ2) is 7.87. The molecule has 0 radical (unpaired) electrons. The van der Waals surface area contributed by atoms with E-state index in [-0.39, 0.29) is 17.7 Å². The van der Waals surface area contributed by atoms with Gasteiger partial charge in [0.1, 0.15) is 17.7 Å². The third-order valence-electron chi connectivity index (χ3n) is 2.80. The lowest BCUT2D eigenvalue weighted by Crippen LogP contribution is -2.14. The van der Waals surface area contributed by atoms with Crippen LogP contribution < -0.4 is 15.4 Å². The van der Waals surface area contributed by atoms with E-state index in [1.54, 1.807) is 42.5 Å². The number of terminal acetylenes is 1. The second-order valence-electron chi connectivity index (χ2n) is 4.46. The molecule has 6 heteroatoms. The van der Waals surface area contributed by atoms with Crippen LogP contribution >= 0.6 is 11.6 Å². The standard InChI is InChI=1S/C17H13ClN2O3/c1-2-23-15-8-3-5-12(9-15)17(22)20-14-7-4-6-13(10-14)19-16(21)11-18/h1,3-10H,11H2,(H,19,21)(H,20,22). The molecule has 0 fully saturated rings. The summed E-state index contributed by atoms with van der Waals surface area (Å²) < 4.78 is 4.91. The Morgan fingerprint density at radius 1 is 1.09 bits per heavy atom. The molecule has 116 valence electrons. The molecular weight excluding hydrogens is 316 g/mol. The molecule has 2 aromatic rings. The van der Waals surface area contributed by atoms with Crippen LogP contribution in [0.5, 0.6) is 5.75 Å². The first-order valence-electron chi connectivity index (χ1n) is 6.62. The van der Waals surface area contributed by atoms with Crippen molar-refractivity contribution in [1.29, 1.82) is 0 Å². The molecule has 2 N–H and O–H groups in total. The van der Waals surface area contributed by atoms with Gasteiger partial charge in [0.05, 0.1) is 0 Å². The fourth-order valence-corrected chi connectivity index (χ4v) is 1.91. The molecule has 0 saturated heterocycles. The number of ether oxygens (including phenoxy) is 1. The number of hydrogen-bond donors (Lipinski definition) is 2. The SMILES string of the molecule is C#COc1cccc(C(=O)Nc2cccc(NC(=O)CCl)c2)c1. The molecule has 0 atom stereocenters. The van der Waals surface area contributed by atoms with Crippen molar-refractivity contribution in [2.75, 3.05) is 16.5 Å². The highest BCUT2D eigenvalue weighted by atomic mass is 35.5. The highest BCUT2D eigenvalue weighted by molar-refractivity contribution is 6.29. The average molecular weight is 329 g/mol. The van der Waals surface area contributed by atoms with Gasteiger partial charge in [0.25, 0.3) is 5.91 Å². The summed E-state index contributed by atoms with van der Waals surface area (Å²) in [4.78, 5) is 23.5. The molecule has 0 spiro atoms. The predicted molar refractivity (Wildman–Crippen MR) is 89.6 cm³/mol. The molecule has 0 saturated carbocycles. The number of nitrogens with one attached hydrogen (secondary N) is 2. The lowest BCUT2D eigenvalue weighted by atomic mass is 10.2.